The Morgan fingerprint density at radius 3 is 2.52 bits per heavy atom. The number of rotatable bonds is 6. The minimum Gasteiger partial charge on any atom is -0.548 e. The van der Waals surface area contributed by atoms with Crippen LogP contribution in [0.4, 0.5) is 0 Å². The summed E-state index contributed by atoms with van der Waals surface area (Å²) in [5.41, 5.74) is 0.636. The van der Waals surface area contributed by atoms with Gasteiger partial charge in [0.25, 0.3) is 5.91 Å². The molecule has 0 radical (unpaired) electrons. The zero-order valence-corrected chi connectivity index (χ0v) is 15.9. The molecule has 25 heavy (non-hydrogen) atoms. The minimum absolute atomic E-state index is 0.195. The van der Waals surface area contributed by atoms with Crippen LogP contribution in [0.25, 0.3) is 6.08 Å². The standard InChI is InChI=1S/C17H19NO5S2/c1-9(2)13(16(20)21)18-15(19)12(25-17(18)24)8-10-6-5-7-11(22-3)14(10)23-4/h5-9,13H,1-4H3,(H,20,21)/p-1/b12-8+/t13-/m0/s1. The number of benzene rings is 1. The number of thioether (sulfide) groups is 1. The second-order valence-electron chi connectivity index (χ2n) is 5.64. The van der Waals surface area contributed by atoms with Crippen molar-refractivity contribution in [3.8, 4) is 11.5 Å². The quantitative estimate of drug-likeness (QED) is 0.549. The summed E-state index contributed by atoms with van der Waals surface area (Å²) in [6.45, 7) is 3.40. The molecule has 1 atom stereocenters. The van der Waals surface area contributed by atoms with E-state index in [2.05, 4.69) is 0 Å². The fourth-order valence-corrected chi connectivity index (χ4v) is 3.88. The maximum atomic E-state index is 12.7. The highest BCUT2D eigenvalue weighted by Crippen LogP contribution is 2.38. The van der Waals surface area contributed by atoms with Gasteiger partial charge in [-0.25, -0.2) is 0 Å². The molecule has 0 spiro atoms. The molecule has 1 amide bonds. The van der Waals surface area contributed by atoms with E-state index in [4.69, 9.17) is 21.7 Å². The summed E-state index contributed by atoms with van der Waals surface area (Å²) in [6, 6.07) is 4.18. The zero-order chi connectivity index (χ0) is 18.7. The second kappa shape index (κ2) is 7.88. The number of thiocarbonyl (C=S) groups is 1. The lowest BCUT2D eigenvalue weighted by Gasteiger charge is -2.30. The number of carboxylic acid groups (broad SMARTS) is 1. The largest absolute Gasteiger partial charge is 0.548 e. The molecule has 0 saturated carbocycles. The number of carbonyl (C=O) groups excluding carboxylic acids is 2. The number of hydrogen-bond acceptors (Lipinski definition) is 7. The first-order chi connectivity index (χ1) is 11.8. The van der Waals surface area contributed by atoms with Crippen molar-refractivity contribution >= 4 is 46.3 Å². The number of carboxylic acids is 1. The van der Waals surface area contributed by atoms with Gasteiger partial charge in [0.1, 0.15) is 4.32 Å². The molecule has 6 nitrogen and oxygen atoms in total. The summed E-state index contributed by atoms with van der Waals surface area (Å²) < 4.78 is 10.8. The van der Waals surface area contributed by atoms with E-state index in [1.807, 2.05) is 0 Å². The van der Waals surface area contributed by atoms with E-state index in [1.54, 1.807) is 38.1 Å². The summed E-state index contributed by atoms with van der Waals surface area (Å²) in [6.07, 6.45) is 1.62. The molecule has 0 unspecified atom stereocenters. The first kappa shape index (κ1) is 19.3. The fourth-order valence-electron chi connectivity index (χ4n) is 2.56. The molecular weight excluding hydrogens is 362 g/mol. The van der Waals surface area contributed by atoms with E-state index < -0.39 is 17.9 Å². The first-order valence-electron chi connectivity index (χ1n) is 7.50. The lowest BCUT2D eigenvalue weighted by molar-refractivity contribution is -0.311. The number of ether oxygens (including phenoxy) is 2. The van der Waals surface area contributed by atoms with Gasteiger partial charge >= 0.3 is 0 Å². The van der Waals surface area contributed by atoms with Crippen molar-refractivity contribution in [2.24, 2.45) is 5.92 Å². The Hall–Kier alpha value is -2.06. The molecule has 1 aromatic rings. The molecule has 0 aromatic heterocycles. The molecule has 1 fully saturated rings. The molecule has 1 saturated heterocycles. The summed E-state index contributed by atoms with van der Waals surface area (Å²) >= 11 is 6.27. The highest BCUT2D eigenvalue weighted by Gasteiger charge is 2.39. The van der Waals surface area contributed by atoms with E-state index in [0.717, 1.165) is 16.7 Å². The van der Waals surface area contributed by atoms with Crippen molar-refractivity contribution in [2.75, 3.05) is 14.2 Å². The molecule has 2 rings (SSSR count). The highest BCUT2D eigenvalue weighted by molar-refractivity contribution is 8.26. The van der Waals surface area contributed by atoms with Crippen LogP contribution in [0, 0.1) is 5.92 Å². The minimum atomic E-state index is -1.33. The Balaban J connectivity index is 2.43. The van der Waals surface area contributed by atoms with E-state index in [-0.39, 0.29) is 10.2 Å². The van der Waals surface area contributed by atoms with Gasteiger partial charge in [0.05, 0.1) is 31.1 Å². The molecule has 1 aliphatic rings. The van der Waals surface area contributed by atoms with Crippen molar-refractivity contribution in [3.05, 3.63) is 28.7 Å². The van der Waals surface area contributed by atoms with E-state index in [0.29, 0.717) is 22.0 Å². The number of hydrogen-bond donors (Lipinski definition) is 0. The molecule has 1 aliphatic heterocycles. The van der Waals surface area contributed by atoms with Gasteiger partial charge in [-0.3, -0.25) is 9.69 Å². The third-order valence-corrected chi connectivity index (χ3v) is 5.03. The summed E-state index contributed by atoms with van der Waals surface area (Å²) in [4.78, 5) is 25.6. The summed E-state index contributed by atoms with van der Waals surface area (Å²) in [7, 11) is 3.03. The lowest BCUT2D eigenvalue weighted by atomic mass is 10.0. The number of methoxy groups -OCH3 is 2. The van der Waals surface area contributed by atoms with E-state index >= 15 is 0 Å². The molecular formula is C17H18NO5S2-. The van der Waals surface area contributed by atoms with Crippen molar-refractivity contribution in [1.82, 2.24) is 4.90 Å². The monoisotopic (exact) mass is 380 g/mol. The molecule has 8 heteroatoms. The molecule has 1 heterocycles. The van der Waals surface area contributed by atoms with Crippen molar-refractivity contribution in [3.63, 3.8) is 0 Å². The SMILES string of the molecule is COc1cccc(/C=C2/SC(=S)N([C@H](C(=O)[O-])C(C)C)C2=O)c1OC. The van der Waals surface area contributed by atoms with Gasteiger partial charge in [0, 0.05) is 5.56 Å². The lowest BCUT2D eigenvalue weighted by Crippen LogP contribution is -2.52. The zero-order valence-electron chi connectivity index (χ0n) is 14.3. The predicted octanol–water partition coefficient (Wildman–Crippen LogP) is 1.68. The normalized spacial score (nSPS) is 17.3. The van der Waals surface area contributed by atoms with Crippen LogP contribution in [0.2, 0.25) is 0 Å². The van der Waals surface area contributed by atoms with E-state index in [1.165, 1.54) is 14.2 Å². The topological polar surface area (TPSA) is 78.9 Å². The Labute approximate surface area is 155 Å². The predicted molar refractivity (Wildman–Crippen MR) is 98.2 cm³/mol. The summed E-state index contributed by atoms with van der Waals surface area (Å²) in [5, 5.41) is 11.4. The van der Waals surface area contributed by atoms with Crippen LogP contribution in [0.5, 0.6) is 11.5 Å². The average Bonchev–Trinajstić information content (AvgIpc) is 2.82. The fraction of sp³-hybridized carbons (Fsp3) is 0.353. The van der Waals surface area contributed by atoms with E-state index in [9.17, 15) is 14.7 Å². The van der Waals surface area contributed by atoms with Gasteiger partial charge in [0.15, 0.2) is 11.5 Å². The molecule has 1 aromatic carbocycles. The Morgan fingerprint density at radius 2 is 2.00 bits per heavy atom. The highest BCUT2D eigenvalue weighted by atomic mass is 32.2. The second-order valence-corrected chi connectivity index (χ2v) is 7.32. The maximum absolute atomic E-state index is 12.7. The van der Waals surface area contributed by atoms with Gasteiger partial charge in [-0.1, -0.05) is 50.0 Å². The molecule has 0 aliphatic carbocycles. The van der Waals surface area contributed by atoms with Crippen molar-refractivity contribution < 1.29 is 24.2 Å². The third kappa shape index (κ3) is 3.80. The van der Waals surface area contributed by atoms with Gasteiger partial charge in [0.2, 0.25) is 0 Å². The van der Waals surface area contributed by atoms with Crippen LogP contribution in [0.1, 0.15) is 19.4 Å². The number of amides is 1. The molecule has 134 valence electrons. The van der Waals surface area contributed by atoms with Crippen LogP contribution >= 0.6 is 24.0 Å². The number of aliphatic carboxylic acids is 1. The van der Waals surface area contributed by atoms with Crippen LogP contribution in [0.3, 0.4) is 0 Å². The van der Waals surface area contributed by atoms with Crippen molar-refractivity contribution in [1.29, 1.82) is 0 Å². The first-order valence-corrected chi connectivity index (χ1v) is 8.73. The van der Waals surface area contributed by atoms with Crippen LogP contribution in [-0.4, -0.2) is 41.4 Å². The van der Waals surface area contributed by atoms with Gasteiger partial charge < -0.3 is 19.4 Å². The van der Waals surface area contributed by atoms with Gasteiger partial charge in [-0.05, 0) is 18.1 Å². The van der Waals surface area contributed by atoms with Gasteiger partial charge in [-0.2, -0.15) is 0 Å². The third-order valence-electron chi connectivity index (χ3n) is 3.69. The van der Waals surface area contributed by atoms with Crippen LogP contribution < -0.4 is 14.6 Å². The number of nitrogens with zero attached hydrogens (tertiary/aromatic N) is 1. The smallest absolute Gasteiger partial charge is 0.266 e. The number of carbonyl (C=O) groups is 2. The number of para-hydroxylation sites is 1. The van der Waals surface area contributed by atoms with Crippen LogP contribution in [-0.2, 0) is 9.59 Å². The molecule has 0 N–H and O–H groups in total. The molecule has 0 bridgehead atoms. The van der Waals surface area contributed by atoms with Crippen LogP contribution in [0.15, 0.2) is 23.1 Å². The van der Waals surface area contributed by atoms with Crippen molar-refractivity contribution in [2.45, 2.75) is 19.9 Å². The Morgan fingerprint density at radius 1 is 1.32 bits per heavy atom. The van der Waals surface area contributed by atoms with Gasteiger partial charge in [-0.15, -0.1) is 0 Å². The maximum Gasteiger partial charge on any atom is 0.266 e. The average molecular weight is 380 g/mol. The summed E-state index contributed by atoms with van der Waals surface area (Å²) in [5.74, 6) is -1.11. The Kier molecular flexibility index (Phi) is 6.07. The Bertz CT molecular complexity index is 745.